The summed E-state index contributed by atoms with van der Waals surface area (Å²) in [5, 5.41) is 11.7. The summed E-state index contributed by atoms with van der Waals surface area (Å²) in [6, 6.07) is -0.305. The van der Waals surface area contributed by atoms with Crippen LogP contribution in [0.1, 0.15) is 33.1 Å². The summed E-state index contributed by atoms with van der Waals surface area (Å²) < 4.78 is 0. The van der Waals surface area contributed by atoms with Gasteiger partial charge in [0, 0.05) is 32.8 Å². The molecule has 0 aliphatic carbocycles. The van der Waals surface area contributed by atoms with Crippen LogP contribution in [0, 0.1) is 5.92 Å². The maximum Gasteiger partial charge on any atom is 0.325 e. The number of aliphatic hydroxyl groups excluding tert-OH is 1. The molecule has 114 valence electrons. The van der Waals surface area contributed by atoms with E-state index in [1.165, 1.54) is 4.90 Å². The first-order valence-corrected chi connectivity index (χ1v) is 7.46. The molecular weight excluding hydrogens is 258 g/mol. The second-order valence-corrected chi connectivity index (χ2v) is 6.24. The number of urea groups is 1. The van der Waals surface area contributed by atoms with Crippen LogP contribution in [0.4, 0.5) is 4.79 Å². The van der Waals surface area contributed by atoms with E-state index >= 15 is 0 Å². The van der Waals surface area contributed by atoms with Gasteiger partial charge < -0.3 is 15.3 Å². The van der Waals surface area contributed by atoms with Crippen molar-refractivity contribution in [2.24, 2.45) is 5.92 Å². The second kappa shape index (κ2) is 6.10. The SMILES string of the molecule is CC(C)CN1CCC2(CC1)NC(=O)N(CCCO)C2=O. The average Bonchev–Trinajstić information content (AvgIpc) is 2.62. The van der Waals surface area contributed by atoms with E-state index in [1.807, 2.05) is 0 Å². The minimum atomic E-state index is -0.694. The lowest BCUT2D eigenvalue weighted by atomic mass is 9.87. The van der Waals surface area contributed by atoms with Gasteiger partial charge in [0.2, 0.25) is 0 Å². The highest BCUT2D eigenvalue weighted by Gasteiger charge is 2.51. The summed E-state index contributed by atoms with van der Waals surface area (Å²) in [6.07, 6.45) is 1.80. The van der Waals surface area contributed by atoms with E-state index in [0.29, 0.717) is 31.7 Å². The lowest BCUT2D eigenvalue weighted by molar-refractivity contribution is -0.133. The van der Waals surface area contributed by atoms with Gasteiger partial charge in [-0.2, -0.15) is 0 Å². The summed E-state index contributed by atoms with van der Waals surface area (Å²) >= 11 is 0. The molecule has 2 aliphatic rings. The molecule has 2 N–H and O–H groups in total. The zero-order valence-corrected chi connectivity index (χ0v) is 12.4. The van der Waals surface area contributed by atoms with E-state index in [-0.39, 0.29) is 18.5 Å². The molecule has 2 heterocycles. The van der Waals surface area contributed by atoms with Gasteiger partial charge in [-0.15, -0.1) is 0 Å². The first-order chi connectivity index (χ1) is 9.48. The molecular formula is C14H25N3O3. The zero-order chi connectivity index (χ0) is 14.8. The minimum absolute atomic E-state index is 0.00771. The molecule has 20 heavy (non-hydrogen) atoms. The number of rotatable bonds is 5. The molecule has 2 fully saturated rings. The Morgan fingerprint density at radius 1 is 1.30 bits per heavy atom. The number of piperidine rings is 1. The van der Waals surface area contributed by atoms with Crippen molar-refractivity contribution in [1.29, 1.82) is 0 Å². The Hall–Kier alpha value is -1.14. The fourth-order valence-electron chi connectivity index (χ4n) is 3.08. The third-order valence-corrected chi connectivity index (χ3v) is 4.12. The van der Waals surface area contributed by atoms with Crippen molar-refractivity contribution in [3.63, 3.8) is 0 Å². The molecule has 2 saturated heterocycles. The van der Waals surface area contributed by atoms with Gasteiger partial charge in [0.25, 0.3) is 5.91 Å². The van der Waals surface area contributed by atoms with Crippen LogP contribution in [0.3, 0.4) is 0 Å². The number of carbonyl (C=O) groups is 2. The fraction of sp³-hybridized carbons (Fsp3) is 0.857. The van der Waals surface area contributed by atoms with Crippen LogP contribution in [-0.2, 0) is 4.79 Å². The number of likely N-dealkylation sites (tertiary alicyclic amines) is 1. The smallest absolute Gasteiger partial charge is 0.325 e. The summed E-state index contributed by atoms with van der Waals surface area (Å²) in [4.78, 5) is 28.0. The molecule has 0 unspecified atom stereocenters. The van der Waals surface area contributed by atoms with Crippen molar-refractivity contribution >= 4 is 11.9 Å². The monoisotopic (exact) mass is 283 g/mol. The summed E-state index contributed by atoms with van der Waals surface area (Å²) in [7, 11) is 0. The molecule has 0 aromatic heterocycles. The highest BCUT2D eigenvalue weighted by atomic mass is 16.3. The Labute approximate surface area is 120 Å². The van der Waals surface area contributed by atoms with E-state index in [1.54, 1.807) is 0 Å². The number of aliphatic hydroxyl groups is 1. The molecule has 2 aliphatic heterocycles. The lowest BCUT2D eigenvalue weighted by Crippen LogP contribution is -2.55. The van der Waals surface area contributed by atoms with Crippen LogP contribution in [0.5, 0.6) is 0 Å². The Bertz CT molecular complexity index is 376. The highest BCUT2D eigenvalue weighted by molar-refractivity contribution is 6.07. The van der Waals surface area contributed by atoms with E-state index < -0.39 is 5.54 Å². The van der Waals surface area contributed by atoms with Crippen LogP contribution in [0.25, 0.3) is 0 Å². The van der Waals surface area contributed by atoms with E-state index in [2.05, 4.69) is 24.1 Å². The van der Waals surface area contributed by atoms with Gasteiger partial charge in [-0.3, -0.25) is 9.69 Å². The Balaban J connectivity index is 1.96. The number of nitrogens with one attached hydrogen (secondary N) is 1. The van der Waals surface area contributed by atoms with Gasteiger partial charge in [-0.1, -0.05) is 13.8 Å². The van der Waals surface area contributed by atoms with Crippen LogP contribution in [0.2, 0.25) is 0 Å². The third kappa shape index (κ3) is 2.96. The molecule has 1 spiro atoms. The lowest BCUT2D eigenvalue weighted by Gasteiger charge is -2.37. The molecule has 3 amide bonds. The van der Waals surface area contributed by atoms with Crippen molar-refractivity contribution < 1.29 is 14.7 Å². The Morgan fingerprint density at radius 3 is 2.50 bits per heavy atom. The number of hydrogen-bond donors (Lipinski definition) is 2. The number of imide groups is 1. The van der Waals surface area contributed by atoms with Crippen molar-refractivity contribution in [3.05, 3.63) is 0 Å². The second-order valence-electron chi connectivity index (χ2n) is 6.24. The van der Waals surface area contributed by atoms with Crippen LogP contribution < -0.4 is 5.32 Å². The molecule has 6 nitrogen and oxygen atoms in total. The van der Waals surface area contributed by atoms with Gasteiger partial charge >= 0.3 is 6.03 Å². The quantitative estimate of drug-likeness (QED) is 0.717. The maximum atomic E-state index is 12.5. The largest absolute Gasteiger partial charge is 0.396 e. The summed E-state index contributed by atoms with van der Waals surface area (Å²) in [6.45, 7) is 7.39. The highest BCUT2D eigenvalue weighted by Crippen LogP contribution is 2.29. The van der Waals surface area contributed by atoms with Crippen LogP contribution in [-0.4, -0.2) is 65.2 Å². The summed E-state index contributed by atoms with van der Waals surface area (Å²) in [5.41, 5.74) is -0.694. The standard InChI is InChI=1S/C14H25N3O3/c1-11(2)10-16-7-4-14(5-8-16)12(19)17(6-3-9-18)13(20)15-14/h11,18H,3-10H2,1-2H3,(H,15,20). The normalized spacial score (nSPS) is 22.9. The Morgan fingerprint density at radius 2 is 1.95 bits per heavy atom. The van der Waals surface area contributed by atoms with Gasteiger partial charge in [0.05, 0.1) is 0 Å². The van der Waals surface area contributed by atoms with Gasteiger partial charge in [0.1, 0.15) is 5.54 Å². The minimum Gasteiger partial charge on any atom is -0.396 e. The summed E-state index contributed by atoms with van der Waals surface area (Å²) in [5.74, 6) is 0.499. The molecule has 0 bridgehead atoms. The number of amides is 3. The van der Waals surface area contributed by atoms with Crippen LogP contribution >= 0.6 is 0 Å². The maximum absolute atomic E-state index is 12.5. The molecule has 0 atom stereocenters. The van der Waals surface area contributed by atoms with E-state index in [4.69, 9.17) is 5.11 Å². The van der Waals surface area contributed by atoms with Crippen molar-refractivity contribution in [3.8, 4) is 0 Å². The molecule has 0 saturated carbocycles. The van der Waals surface area contributed by atoms with Crippen molar-refractivity contribution in [2.75, 3.05) is 32.8 Å². The molecule has 6 heteroatoms. The molecule has 0 aromatic rings. The average molecular weight is 283 g/mol. The number of carbonyl (C=O) groups excluding carboxylic acids is 2. The predicted octanol–water partition coefficient (Wildman–Crippen LogP) is 0.411. The Kier molecular flexibility index (Phi) is 4.65. The molecule has 0 aromatic carbocycles. The fourth-order valence-corrected chi connectivity index (χ4v) is 3.08. The van der Waals surface area contributed by atoms with Gasteiger partial charge in [-0.25, -0.2) is 4.79 Å². The first-order valence-electron chi connectivity index (χ1n) is 7.46. The number of hydrogen-bond acceptors (Lipinski definition) is 4. The van der Waals surface area contributed by atoms with Gasteiger partial charge in [-0.05, 0) is 25.2 Å². The van der Waals surface area contributed by atoms with Crippen molar-refractivity contribution in [2.45, 2.75) is 38.6 Å². The topological polar surface area (TPSA) is 72.9 Å². The predicted molar refractivity (Wildman–Crippen MR) is 75.2 cm³/mol. The van der Waals surface area contributed by atoms with E-state index in [9.17, 15) is 9.59 Å². The third-order valence-electron chi connectivity index (χ3n) is 4.12. The number of nitrogens with zero attached hydrogens (tertiary/aromatic N) is 2. The molecule has 2 rings (SSSR count). The van der Waals surface area contributed by atoms with Crippen molar-refractivity contribution in [1.82, 2.24) is 15.1 Å². The van der Waals surface area contributed by atoms with Crippen LogP contribution in [0.15, 0.2) is 0 Å². The van der Waals surface area contributed by atoms with E-state index in [0.717, 1.165) is 19.6 Å². The molecule has 0 radical (unpaired) electrons. The first kappa shape index (κ1) is 15.3. The zero-order valence-electron chi connectivity index (χ0n) is 12.4. The van der Waals surface area contributed by atoms with Gasteiger partial charge in [0.15, 0.2) is 0 Å².